The zero-order valence-corrected chi connectivity index (χ0v) is 17.7. The Morgan fingerprint density at radius 3 is 1.50 bits per heavy atom. The summed E-state index contributed by atoms with van der Waals surface area (Å²) in [6, 6.07) is 0. The van der Waals surface area contributed by atoms with E-state index in [2.05, 4.69) is 6.92 Å². The summed E-state index contributed by atoms with van der Waals surface area (Å²) in [7, 11) is 0. The van der Waals surface area contributed by atoms with Crippen molar-refractivity contribution >= 4 is 11.8 Å². The van der Waals surface area contributed by atoms with Gasteiger partial charge in [-0.05, 0) is 6.42 Å². The number of imide groups is 1. The van der Waals surface area contributed by atoms with Crippen LogP contribution in [0, 0.1) is 11.8 Å². The quantitative estimate of drug-likeness (QED) is 0.214. The van der Waals surface area contributed by atoms with Gasteiger partial charge in [0.15, 0.2) is 0 Å². The Hall–Kier alpha value is -1.16. The topological polar surface area (TPSA) is 46.6 Å². The molecule has 0 N–H and O–H groups in total. The maximum Gasteiger partial charge on any atom is 0.236 e. The number of ether oxygens (including phenoxy) is 1. The van der Waals surface area contributed by atoms with E-state index in [1.807, 2.05) is 12.2 Å². The summed E-state index contributed by atoms with van der Waals surface area (Å²) in [4.78, 5) is 26.6. The highest BCUT2D eigenvalue weighted by atomic mass is 16.5. The van der Waals surface area contributed by atoms with Crippen LogP contribution in [0.25, 0.3) is 0 Å². The van der Waals surface area contributed by atoms with E-state index in [1.165, 1.54) is 81.9 Å². The number of carbonyl (C=O) groups excluding carboxylic acids is 2. The molecule has 0 aromatic heterocycles. The Balaban J connectivity index is 1.15. The van der Waals surface area contributed by atoms with E-state index >= 15 is 0 Å². The number of carbonyl (C=O) groups is 2. The molecule has 2 bridgehead atoms. The molecule has 4 nitrogen and oxygen atoms in total. The first kappa shape index (κ1) is 21.5. The van der Waals surface area contributed by atoms with Gasteiger partial charge in [-0.25, -0.2) is 0 Å². The largest absolute Gasteiger partial charge is 0.365 e. The summed E-state index contributed by atoms with van der Waals surface area (Å²) in [5.41, 5.74) is 0. The Bertz CT molecular complexity index is 514. The molecule has 0 unspecified atom stereocenters. The molecule has 0 saturated carbocycles. The lowest BCUT2D eigenvalue weighted by atomic mass is 9.85. The van der Waals surface area contributed by atoms with Gasteiger partial charge < -0.3 is 4.74 Å². The molecule has 4 heteroatoms. The van der Waals surface area contributed by atoms with Crippen LogP contribution < -0.4 is 0 Å². The van der Waals surface area contributed by atoms with Crippen LogP contribution in [0.5, 0.6) is 0 Å². The zero-order valence-electron chi connectivity index (χ0n) is 17.7. The van der Waals surface area contributed by atoms with E-state index in [1.54, 1.807) is 0 Å². The molecular formula is C24H39NO3. The van der Waals surface area contributed by atoms with Crippen LogP contribution in [0.2, 0.25) is 0 Å². The summed E-state index contributed by atoms with van der Waals surface area (Å²) < 4.78 is 5.68. The van der Waals surface area contributed by atoms with Crippen molar-refractivity contribution in [3.8, 4) is 0 Å². The Morgan fingerprint density at radius 1 is 0.679 bits per heavy atom. The van der Waals surface area contributed by atoms with Gasteiger partial charge in [0, 0.05) is 6.54 Å². The third kappa shape index (κ3) is 5.25. The summed E-state index contributed by atoms with van der Waals surface area (Å²) in [5, 5.41) is 0. The number of hydrogen-bond acceptors (Lipinski definition) is 3. The molecule has 0 aromatic rings. The highest BCUT2D eigenvalue weighted by molar-refractivity contribution is 6.06. The summed E-state index contributed by atoms with van der Waals surface area (Å²) in [6.45, 7) is 2.87. The molecule has 3 rings (SSSR count). The normalized spacial score (nSPS) is 28.0. The van der Waals surface area contributed by atoms with Gasteiger partial charge in [-0.3, -0.25) is 14.5 Å². The fraction of sp³-hybridized carbons (Fsp3) is 0.833. The number of unbranched alkanes of at least 4 members (excludes halogenated alkanes) is 13. The average molecular weight is 390 g/mol. The number of rotatable bonds is 15. The SMILES string of the molecule is CCCCCCCCCCCCCCCCN1C(=O)[C@@H]2[C@H](C1=O)[C@H]1C=C[C@@H]2O1. The Labute approximate surface area is 171 Å². The Morgan fingerprint density at radius 2 is 1.07 bits per heavy atom. The minimum absolute atomic E-state index is 0.00143. The van der Waals surface area contributed by atoms with E-state index in [0.29, 0.717) is 6.54 Å². The monoisotopic (exact) mass is 389 g/mol. The minimum atomic E-state index is -0.242. The van der Waals surface area contributed by atoms with Crippen LogP contribution in [0.1, 0.15) is 96.8 Å². The summed E-state index contributed by atoms with van der Waals surface area (Å²) in [6.07, 6.45) is 22.0. The van der Waals surface area contributed by atoms with Gasteiger partial charge in [-0.1, -0.05) is 103 Å². The van der Waals surface area contributed by atoms with E-state index in [0.717, 1.165) is 12.8 Å². The molecule has 0 spiro atoms. The zero-order chi connectivity index (χ0) is 19.8. The van der Waals surface area contributed by atoms with Gasteiger partial charge in [0.2, 0.25) is 11.8 Å². The molecule has 0 radical (unpaired) electrons. The van der Waals surface area contributed by atoms with Crippen LogP contribution in [0.15, 0.2) is 12.2 Å². The number of nitrogens with zero attached hydrogens (tertiary/aromatic N) is 1. The van der Waals surface area contributed by atoms with Crippen LogP contribution in [-0.4, -0.2) is 35.5 Å². The van der Waals surface area contributed by atoms with Crippen LogP contribution in [0.3, 0.4) is 0 Å². The van der Waals surface area contributed by atoms with Crippen LogP contribution in [0.4, 0.5) is 0 Å². The lowest BCUT2D eigenvalue weighted by molar-refractivity contribution is -0.142. The molecule has 158 valence electrons. The third-order valence-corrected chi connectivity index (χ3v) is 6.74. The van der Waals surface area contributed by atoms with Crippen molar-refractivity contribution < 1.29 is 14.3 Å². The first-order valence-corrected chi connectivity index (χ1v) is 11.9. The molecule has 0 aromatic carbocycles. The third-order valence-electron chi connectivity index (χ3n) is 6.74. The molecule has 28 heavy (non-hydrogen) atoms. The fourth-order valence-electron chi connectivity index (χ4n) is 5.05. The molecule has 3 aliphatic heterocycles. The fourth-order valence-corrected chi connectivity index (χ4v) is 5.05. The summed E-state index contributed by atoms with van der Waals surface area (Å²) >= 11 is 0. The second-order valence-electron chi connectivity index (χ2n) is 8.93. The van der Waals surface area contributed by atoms with Gasteiger partial charge in [0.1, 0.15) is 0 Å². The van der Waals surface area contributed by atoms with Gasteiger partial charge >= 0.3 is 0 Å². The van der Waals surface area contributed by atoms with Crippen molar-refractivity contribution in [2.45, 2.75) is 109 Å². The first-order valence-electron chi connectivity index (χ1n) is 11.9. The predicted molar refractivity (Wildman–Crippen MR) is 112 cm³/mol. The van der Waals surface area contributed by atoms with Crippen molar-refractivity contribution in [1.82, 2.24) is 4.90 Å². The second-order valence-corrected chi connectivity index (χ2v) is 8.93. The van der Waals surface area contributed by atoms with Crippen LogP contribution in [-0.2, 0) is 14.3 Å². The van der Waals surface area contributed by atoms with Gasteiger partial charge in [0.25, 0.3) is 0 Å². The van der Waals surface area contributed by atoms with Crippen LogP contribution >= 0.6 is 0 Å². The molecule has 2 amide bonds. The first-order chi connectivity index (χ1) is 13.7. The number of fused-ring (bicyclic) bond motifs is 5. The molecule has 0 aliphatic carbocycles. The van der Waals surface area contributed by atoms with Gasteiger partial charge in [-0.2, -0.15) is 0 Å². The van der Waals surface area contributed by atoms with Crippen molar-refractivity contribution in [3.05, 3.63) is 12.2 Å². The van der Waals surface area contributed by atoms with Gasteiger partial charge in [-0.15, -0.1) is 0 Å². The van der Waals surface area contributed by atoms with Crippen molar-refractivity contribution in [2.24, 2.45) is 11.8 Å². The molecule has 2 saturated heterocycles. The smallest absolute Gasteiger partial charge is 0.236 e. The predicted octanol–water partition coefficient (Wildman–Crippen LogP) is 5.41. The van der Waals surface area contributed by atoms with Crippen molar-refractivity contribution in [1.29, 1.82) is 0 Å². The molecule has 3 heterocycles. The number of amides is 2. The van der Waals surface area contributed by atoms with E-state index in [4.69, 9.17) is 4.74 Å². The lowest BCUT2D eigenvalue weighted by Gasteiger charge is -2.17. The minimum Gasteiger partial charge on any atom is -0.365 e. The van der Waals surface area contributed by atoms with E-state index < -0.39 is 0 Å². The highest BCUT2D eigenvalue weighted by Crippen LogP contribution is 2.45. The number of likely N-dealkylation sites (tertiary alicyclic amines) is 1. The molecule has 4 atom stereocenters. The van der Waals surface area contributed by atoms with Crippen molar-refractivity contribution in [2.75, 3.05) is 6.54 Å². The maximum absolute atomic E-state index is 12.5. The molecule has 2 fully saturated rings. The van der Waals surface area contributed by atoms with Crippen molar-refractivity contribution in [3.63, 3.8) is 0 Å². The van der Waals surface area contributed by atoms with E-state index in [-0.39, 0.29) is 35.9 Å². The lowest BCUT2D eigenvalue weighted by Crippen LogP contribution is -2.35. The standard InChI is InChI=1S/C24H39NO3/c1-2-3-4-5-6-7-8-9-10-11-12-13-14-15-18-25-23(26)21-19-16-17-20(28-19)22(21)24(25)27/h16-17,19-22H,2-15,18H2,1H3/t19-,20+,21-,22+. The maximum atomic E-state index is 12.5. The number of hydrogen-bond donors (Lipinski definition) is 0. The average Bonchev–Trinajstić information content (AvgIpc) is 3.37. The van der Waals surface area contributed by atoms with Gasteiger partial charge in [0.05, 0.1) is 24.0 Å². The molecular weight excluding hydrogens is 350 g/mol. The highest BCUT2D eigenvalue weighted by Gasteiger charge is 2.60. The Kier molecular flexibility index (Phi) is 8.57. The second kappa shape index (κ2) is 11.1. The van der Waals surface area contributed by atoms with E-state index in [9.17, 15) is 9.59 Å². The summed E-state index contributed by atoms with van der Waals surface area (Å²) in [5.74, 6) is -0.480. The molecule has 3 aliphatic rings.